The topological polar surface area (TPSA) is 162 Å². The second-order valence-corrected chi connectivity index (χ2v) is 11.6. The summed E-state index contributed by atoms with van der Waals surface area (Å²) in [6, 6.07) is 15.3. The highest BCUT2D eigenvalue weighted by Gasteiger charge is 2.24. The molecule has 14 nitrogen and oxygen atoms in total. The maximum Gasteiger partial charge on any atom is 0.253 e. The molecule has 0 aliphatic carbocycles. The first-order chi connectivity index (χ1) is 25.4. The normalized spacial score (nSPS) is 13.2. The van der Waals surface area contributed by atoms with Crippen molar-refractivity contribution in [3.63, 3.8) is 0 Å². The number of hydrogen-bond donors (Lipinski definition) is 2. The lowest BCUT2D eigenvalue weighted by atomic mass is 10.0. The Morgan fingerprint density at radius 3 is 1.67 bits per heavy atom. The molecule has 0 aromatic heterocycles. The van der Waals surface area contributed by atoms with Crippen LogP contribution >= 0.6 is 0 Å². The van der Waals surface area contributed by atoms with E-state index in [2.05, 4.69) is 22.5 Å². The van der Waals surface area contributed by atoms with E-state index in [1.54, 1.807) is 4.90 Å². The summed E-state index contributed by atoms with van der Waals surface area (Å²) in [5.41, 5.74) is 3.37. The minimum Gasteiger partial charge on any atom is -0.377 e. The maximum atomic E-state index is 13.3. The van der Waals surface area contributed by atoms with E-state index < -0.39 is 11.8 Å². The number of amides is 5. The zero-order chi connectivity index (χ0) is 36.8. The van der Waals surface area contributed by atoms with Crippen LogP contribution in [0.1, 0.15) is 36.0 Å². The van der Waals surface area contributed by atoms with Crippen molar-refractivity contribution < 1.29 is 47.7 Å². The molecule has 2 aromatic carbocycles. The van der Waals surface area contributed by atoms with Crippen molar-refractivity contribution in [3.05, 3.63) is 77.4 Å². The van der Waals surface area contributed by atoms with Crippen LogP contribution in [0.3, 0.4) is 0 Å². The molecule has 0 unspecified atom stereocenters. The molecule has 0 fully saturated rings. The van der Waals surface area contributed by atoms with Gasteiger partial charge in [0.1, 0.15) is 0 Å². The van der Waals surface area contributed by atoms with Gasteiger partial charge in [0.15, 0.2) is 0 Å². The Morgan fingerprint density at radius 1 is 0.596 bits per heavy atom. The minimum atomic E-state index is -0.405. The van der Waals surface area contributed by atoms with Crippen molar-refractivity contribution in [3.8, 4) is 11.8 Å². The highest BCUT2D eigenvalue weighted by molar-refractivity contribution is 6.13. The molecule has 0 atom stereocenters. The van der Waals surface area contributed by atoms with Gasteiger partial charge in [-0.25, -0.2) is 0 Å². The number of fused-ring (bicyclic) bond motifs is 2. The van der Waals surface area contributed by atoms with Crippen molar-refractivity contribution in [1.29, 1.82) is 0 Å². The second kappa shape index (κ2) is 22.8. The molecule has 0 saturated heterocycles. The average Bonchev–Trinajstić information content (AvgIpc) is 3.47. The van der Waals surface area contributed by atoms with Gasteiger partial charge in [-0.15, -0.1) is 0 Å². The molecule has 2 aliphatic rings. The fourth-order valence-electron chi connectivity index (χ4n) is 5.11. The minimum absolute atomic E-state index is 0.0406. The van der Waals surface area contributed by atoms with Crippen molar-refractivity contribution >= 4 is 35.2 Å². The summed E-state index contributed by atoms with van der Waals surface area (Å²) in [5.74, 6) is 4.95. The first-order valence-electron chi connectivity index (χ1n) is 17.4. The standard InChI is InChI=1S/C38H46N4O10/c43-34(11-12-38(47)42-29-32-7-2-1-5-30(32)9-10-31-6-3-4-8-33(31)42)39-16-19-48-21-23-50-25-27-52-28-26-51-24-22-49-20-17-40-35(44)15-18-41-36(45)13-14-37(41)46/h1-8,13-14H,11-12,15-29H2,(H,39,43)(H,40,44). The Bertz CT molecular complexity index is 1580. The van der Waals surface area contributed by atoms with Crippen LogP contribution in [0.4, 0.5) is 5.69 Å². The van der Waals surface area contributed by atoms with Gasteiger partial charge < -0.3 is 39.2 Å². The van der Waals surface area contributed by atoms with Crippen molar-refractivity contribution in [2.45, 2.75) is 25.8 Å². The molecule has 0 spiro atoms. The third-order valence-electron chi connectivity index (χ3n) is 7.83. The molecule has 0 bridgehead atoms. The molecular weight excluding hydrogens is 672 g/mol. The molecule has 0 saturated carbocycles. The Kier molecular flexibility index (Phi) is 17.5. The van der Waals surface area contributed by atoms with Crippen LogP contribution in [0, 0.1) is 11.8 Å². The van der Waals surface area contributed by atoms with Gasteiger partial charge in [0.25, 0.3) is 11.8 Å². The highest BCUT2D eigenvalue weighted by atomic mass is 16.6. The van der Waals surface area contributed by atoms with Crippen molar-refractivity contribution in [2.75, 3.05) is 90.6 Å². The summed E-state index contributed by atoms with van der Waals surface area (Å²) in [4.78, 5) is 63.2. The number of carbonyl (C=O) groups excluding carboxylic acids is 5. The monoisotopic (exact) mass is 718 g/mol. The van der Waals surface area contributed by atoms with Gasteiger partial charge in [-0.3, -0.25) is 28.9 Å². The first kappa shape index (κ1) is 39.9. The Balaban J connectivity index is 0.906. The number of rotatable bonds is 24. The van der Waals surface area contributed by atoms with Gasteiger partial charge >= 0.3 is 0 Å². The van der Waals surface area contributed by atoms with E-state index in [0.717, 1.165) is 27.3 Å². The number of nitrogens with one attached hydrogen (secondary N) is 2. The van der Waals surface area contributed by atoms with E-state index >= 15 is 0 Å². The van der Waals surface area contributed by atoms with Gasteiger partial charge in [0.05, 0.1) is 78.3 Å². The first-order valence-corrected chi connectivity index (χ1v) is 17.4. The molecule has 0 radical (unpaired) electrons. The van der Waals surface area contributed by atoms with Crippen LogP contribution in [0.25, 0.3) is 0 Å². The maximum absolute atomic E-state index is 13.3. The molecular formula is C38H46N4O10. The van der Waals surface area contributed by atoms with Gasteiger partial charge in [0.2, 0.25) is 17.7 Å². The SMILES string of the molecule is O=C(CCC(=O)N1Cc2ccccc2C#Cc2ccccc21)NCCOCCOCCOCCOCCOCCNC(=O)CCN1C(=O)C=CC1=O. The number of carbonyl (C=O) groups is 5. The fraction of sp³-hybridized carbons (Fsp3) is 0.447. The summed E-state index contributed by atoms with van der Waals surface area (Å²) in [7, 11) is 0. The summed E-state index contributed by atoms with van der Waals surface area (Å²) in [6.07, 6.45) is 2.56. The third kappa shape index (κ3) is 14.0. The van der Waals surface area contributed by atoms with Gasteiger partial charge in [0, 0.05) is 62.2 Å². The molecule has 278 valence electrons. The van der Waals surface area contributed by atoms with Gasteiger partial charge in [-0.1, -0.05) is 42.2 Å². The lowest BCUT2D eigenvalue weighted by molar-refractivity contribution is -0.137. The van der Waals surface area contributed by atoms with Crippen LogP contribution in [-0.4, -0.2) is 120 Å². The summed E-state index contributed by atoms with van der Waals surface area (Å²) < 4.78 is 27.3. The number of ether oxygens (including phenoxy) is 5. The van der Waals surface area contributed by atoms with Crippen LogP contribution in [0.15, 0.2) is 60.7 Å². The molecule has 2 heterocycles. The molecule has 4 rings (SSSR count). The predicted molar refractivity (Wildman–Crippen MR) is 190 cm³/mol. The quantitative estimate of drug-likeness (QED) is 0.0921. The van der Waals surface area contributed by atoms with E-state index in [-0.39, 0.29) is 43.5 Å². The lowest BCUT2D eigenvalue weighted by Crippen LogP contribution is -2.35. The molecule has 2 aliphatic heterocycles. The van der Waals surface area contributed by atoms with Crippen LogP contribution in [0.5, 0.6) is 0 Å². The number of anilines is 1. The van der Waals surface area contributed by atoms with E-state index in [9.17, 15) is 24.0 Å². The average molecular weight is 719 g/mol. The van der Waals surface area contributed by atoms with Crippen LogP contribution in [0.2, 0.25) is 0 Å². The number of hydrogen-bond acceptors (Lipinski definition) is 10. The third-order valence-corrected chi connectivity index (χ3v) is 7.83. The Hall–Kier alpha value is -4.91. The largest absolute Gasteiger partial charge is 0.377 e. The van der Waals surface area contributed by atoms with Crippen LogP contribution < -0.4 is 15.5 Å². The Morgan fingerprint density at radius 2 is 1.08 bits per heavy atom. The number of benzene rings is 2. The smallest absolute Gasteiger partial charge is 0.253 e. The van der Waals surface area contributed by atoms with Crippen molar-refractivity contribution in [1.82, 2.24) is 15.5 Å². The van der Waals surface area contributed by atoms with E-state index in [1.807, 2.05) is 48.5 Å². The van der Waals surface area contributed by atoms with Crippen LogP contribution in [-0.2, 0) is 54.2 Å². The van der Waals surface area contributed by atoms with E-state index in [1.165, 1.54) is 12.2 Å². The molecule has 52 heavy (non-hydrogen) atoms. The summed E-state index contributed by atoms with van der Waals surface area (Å²) in [5, 5.41) is 5.47. The van der Waals surface area contributed by atoms with Gasteiger partial charge in [-0.2, -0.15) is 0 Å². The predicted octanol–water partition coefficient (Wildman–Crippen LogP) is 1.34. The van der Waals surface area contributed by atoms with Crippen molar-refractivity contribution in [2.24, 2.45) is 0 Å². The zero-order valence-electron chi connectivity index (χ0n) is 29.3. The second-order valence-electron chi connectivity index (χ2n) is 11.6. The molecule has 14 heteroatoms. The van der Waals surface area contributed by atoms with Gasteiger partial charge in [-0.05, 0) is 23.8 Å². The number of para-hydroxylation sites is 1. The van der Waals surface area contributed by atoms with E-state index in [0.29, 0.717) is 85.7 Å². The number of imide groups is 1. The fourth-order valence-corrected chi connectivity index (χ4v) is 5.11. The highest BCUT2D eigenvalue weighted by Crippen LogP contribution is 2.26. The number of nitrogens with zero attached hydrogens (tertiary/aromatic N) is 2. The molecule has 2 aromatic rings. The summed E-state index contributed by atoms with van der Waals surface area (Å²) >= 11 is 0. The van der Waals surface area contributed by atoms with E-state index in [4.69, 9.17) is 23.7 Å². The lowest BCUT2D eigenvalue weighted by Gasteiger charge is -2.26. The summed E-state index contributed by atoms with van der Waals surface area (Å²) in [6.45, 7) is 4.87. The zero-order valence-corrected chi connectivity index (χ0v) is 29.3. The molecule has 5 amide bonds. The Labute approximate surface area is 303 Å². The molecule has 2 N–H and O–H groups in total.